The van der Waals surface area contributed by atoms with Crippen LogP contribution in [0.15, 0.2) is 30.3 Å². The van der Waals surface area contributed by atoms with Crippen LogP contribution in [0.3, 0.4) is 0 Å². The molecule has 0 spiro atoms. The van der Waals surface area contributed by atoms with Crippen molar-refractivity contribution in [2.45, 2.75) is 38.6 Å². The summed E-state index contributed by atoms with van der Waals surface area (Å²) in [5, 5.41) is 5.74. The molecular formula is C18H27N3O2. The lowest BCUT2D eigenvalue weighted by molar-refractivity contribution is -0.122. The van der Waals surface area contributed by atoms with E-state index in [-0.39, 0.29) is 17.9 Å². The molecule has 1 saturated heterocycles. The Kier molecular flexibility index (Phi) is 7.07. The average molecular weight is 317 g/mol. The Bertz CT molecular complexity index is 504. The van der Waals surface area contributed by atoms with Crippen molar-refractivity contribution in [2.24, 2.45) is 0 Å². The van der Waals surface area contributed by atoms with Crippen LogP contribution in [-0.2, 0) is 16.0 Å². The number of hydrogen-bond acceptors (Lipinski definition) is 3. The highest BCUT2D eigenvalue weighted by Gasteiger charge is 2.20. The predicted octanol–water partition coefficient (Wildman–Crippen LogP) is 1.34. The summed E-state index contributed by atoms with van der Waals surface area (Å²) in [5.41, 5.74) is 1.36. The SMILES string of the molecule is CC(=O)NCCC(=O)N[C@H]1CCCN(CCc2ccccc2)C1. The van der Waals surface area contributed by atoms with Crippen LogP contribution in [0.2, 0.25) is 0 Å². The van der Waals surface area contributed by atoms with E-state index in [1.165, 1.54) is 12.5 Å². The van der Waals surface area contributed by atoms with Crippen molar-refractivity contribution in [1.82, 2.24) is 15.5 Å². The number of rotatable bonds is 7. The largest absolute Gasteiger partial charge is 0.356 e. The standard InChI is InChI=1S/C18H27N3O2/c1-15(22)19-11-9-18(23)20-17-8-5-12-21(14-17)13-10-16-6-3-2-4-7-16/h2-4,6-7,17H,5,8-14H2,1H3,(H,19,22)(H,20,23)/t17-/m0/s1. The fourth-order valence-corrected chi connectivity index (χ4v) is 2.96. The van der Waals surface area contributed by atoms with Crippen LogP contribution in [0.5, 0.6) is 0 Å². The van der Waals surface area contributed by atoms with Crippen LogP contribution in [0.4, 0.5) is 0 Å². The van der Waals surface area contributed by atoms with E-state index in [9.17, 15) is 9.59 Å². The van der Waals surface area contributed by atoms with Gasteiger partial charge in [-0.25, -0.2) is 0 Å². The molecule has 1 heterocycles. The molecule has 5 heteroatoms. The van der Waals surface area contributed by atoms with E-state index in [1.54, 1.807) is 0 Å². The maximum absolute atomic E-state index is 11.9. The van der Waals surface area contributed by atoms with Gasteiger partial charge in [0.15, 0.2) is 0 Å². The van der Waals surface area contributed by atoms with Crippen molar-refractivity contribution in [2.75, 3.05) is 26.2 Å². The van der Waals surface area contributed by atoms with Gasteiger partial charge in [0.2, 0.25) is 11.8 Å². The van der Waals surface area contributed by atoms with Crippen LogP contribution in [-0.4, -0.2) is 48.9 Å². The molecule has 1 aromatic carbocycles. The molecule has 1 aliphatic heterocycles. The molecule has 0 aromatic heterocycles. The summed E-state index contributed by atoms with van der Waals surface area (Å²) in [7, 11) is 0. The Morgan fingerprint density at radius 3 is 2.78 bits per heavy atom. The van der Waals surface area contributed by atoms with Crippen molar-refractivity contribution in [3.63, 3.8) is 0 Å². The van der Waals surface area contributed by atoms with Crippen LogP contribution in [0.25, 0.3) is 0 Å². The van der Waals surface area contributed by atoms with Crippen molar-refractivity contribution in [3.05, 3.63) is 35.9 Å². The highest BCUT2D eigenvalue weighted by Crippen LogP contribution is 2.11. The van der Waals surface area contributed by atoms with E-state index in [0.717, 1.165) is 38.9 Å². The van der Waals surface area contributed by atoms with Crippen molar-refractivity contribution in [1.29, 1.82) is 0 Å². The summed E-state index contributed by atoms with van der Waals surface area (Å²) < 4.78 is 0. The maximum atomic E-state index is 11.9. The molecule has 0 radical (unpaired) electrons. The van der Waals surface area contributed by atoms with E-state index < -0.39 is 0 Å². The monoisotopic (exact) mass is 317 g/mol. The number of likely N-dealkylation sites (tertiary alicyclic amines) is 1. The van der Waals surface area contributed by atoms with E-state index in [2.05, 4.69) is 39.8 Å². The molecule has 2 N–H and O–H groups in total. The smallest absolute Gasteiger partial charge is 0.222 e. The minimum Gasteiger partial charge on any atom is -0.356 e. The topological polar surface area (TPSA) is 61.4 Å². The molecule has 0 bridgehead atoms. The molecule has 126 valence electrons. The summed E-state index contributed by atoms with van der Waals surface area (Å²) in [6.07, 6.45) is 3.54. The third-order valence-corrected chi connectivity index (χ3v) is 4.16. The fraction of sp³-hybridized carbons (Fsp3) is 0.556. The number of amides is 2. The quantitative estimate of drug-likeness (QED) is 0.798. The number of nitrogens with zero attached hydrogens (tertiary/aromatic N) is 1. The summed E-state index contributed by atoms with van der Waals surface area (Å²) in [5.74, 6) is -0.0730. The number of carbonyl (C=O) groups excluding carboxylic acids is 2. The lowest BCUT2D eigenvalue weighted by Gasteiger charge is -2.33. The molecule has 0 unspecified atom stereocenters. The Hall–Kier alpha value is -1.88. The first-order valence-corrected chi connectivity index (χ1v) is 8.43. The predicted molar refractivity (Wildman–Crippen MR) is 91.1 cm³/mol. The van der Waals surface area contributed by atoms with Gasteiger partial charge in [-0.05, 0) is 31.4 Å². The van der Waals surface area contributed by atoms with Gasteiger partial charge in [-0.3, -0.25) is 9.59 Å². The average Bonchev–Trinajstić information content (AvgIpc) is 2.54. The lowest BCUT2D eigenvalue weighted by Crippen LogP contribution is -2.48. The summed E-state index contributed by atoms with van der Waals surface area (Å²) in [6, 6.07) is 10.7. The van der Waals surface area contributed by atoms with E-state index in [1.807, 2.05) is 6.07 Å². The molecule has 5 nitrogen and oxygen atoms in total. The van der Waals surface area contributed by atoms with Gasteiger partial charge in [0.05, 0.1) is 0 Å². The Balaban J connectivity index is 1.68. The van der Waals surface area contributed by atoms with Gasteiger partial charge < -0.3 is 15.5 Å². The lowest BCUT2D eigenvalue weighted by atomic mass is 10.0. The van der Waals surface area contributed by atoms with Crippen molar-refractivity contribution in [3.8, 4) is 0 Å². The molecule has 0 saturated carbocycles. The first-order valence-electron chi connectivity index (χ1n) is 8.43. The van der Waals surface area contributed by atoms with Gasteiger partial charge in [0, 0.05) is 39.0 Å². The number of nitrogens with one attached hydrogen (secondary N) is 2. The minimum absolute atomic E-state index is 0.0219. The third kappa shape index (κ3) is 6.82. The van der Waals surface area contributed by atoms with Gasteiger partial charge in [0.1, 0.15) is 0 Å². The van der Waals surface area contributed by atoms with Gasteiger partial charge in [-0.1, -0.05) is 30.3 Å². The zero-order valence-electron chi connectivity index (χ0n) is 13.9. The molecule has 1 fully saturated rings. The number of piperidine rings is 1. The highest BCUT2D eigenvalue weighted by atomic mass is 16.2. The van der Waals surface area contributed by atoms with E-state index in [0.29, 0.717) is 13.0 Å². The second-order valence-corrected chi connectivity index (χ2v) is 6.18. The molecule has 1 aromatic rings. The molecule has 2 rings (SSSR count). The first-order chi connectivity index (χ1) is 11.1. The second-order valence-electron chi connectivity index (χ2n) is 6.18. The van der Waals surface area contributed by atoms with Gasteiger partial charge in [-0.15, -0.1) is 0 Å². The highest BCUT2D eigenvalue weighted by molar-refractivity contribution is 5.78. The first kappa shape index (κ1) is 17.5. The summed E-state index contributed by atoms with van der Waals surface area (Å²) in [6.45, 7) is 4.92. The van der Waals surface area contributed by atoms with Crippen molar-refractivity contribution < 1.29 is 9.59 Å². The van der Waals surface area contributed by atoms with Crippen LogP contribution in [0, 0.1) is 0 Å². The normalized spacial score (nSPS) is 18.4. The Labute approximate surface area is 138 Å². The van der Waals surface area contributed by atoms with Crippen LogP contribution < -0.4 is 10.6 Å². The third-order valence-electron chi connectivity index (χ3n) is 4.16. The molecule has 1 atom stereocenters. The van der Waals surface area contributed by atoms with Crippen LogP contribution >= 0.6 is 0 Å². The number of hydrogen-bond donors (Lipinski definition) is 2. The van der Waals surface area contributed by atoms with E-state index in [4.69, 9.17) is 0 Å². The molecule has 0 aliphatic carbocycles. The summed E-state index contributed by atoms with van der Waals surface area (Å²) >= 11 is 0. The van der Waals surface area contributed by atoms with Gasteiger partial charge in [-0.2, -0.15) is 0 Å². The van der Waals surface area contributed by atoms with Gasteiger partial charge >= 0.3 is 0 Å². The molecule has 2 amide bonds. The van der Waals surface area contributed by atoms with Crippen molar-refractivity contribution >= 4 is 11.8 Å². The zero-order valence-corrected chi connectivity index (χ0v) is 13.9. The molecule has 1 aliphatic rings. The zero-order chi connectivity index (χ0) is 16.5. The second kappa shape index (κ2) is 9.30. The number of benzene rings is 1. The maximum Gasteiger partial charge on any atom is 0.222 e. The fourth-order valence-electron chi connectivity index (χ4n) is 2.96. The summed E-state index contributed by atoms with van der Waals surface area (Å²) in [4.78, 5) is 25.1. The molecular weight excluding hydrogens is 290 g/mol. The van der Waals surface area contributed by atoms with E-state index >= 15 is 0 Å². The Morgan fingerprint density at radius 1 is 1.26 bits per heavy atom. The molecule has 23 heavy (non-hydrogen) atoms. The van der Waals surface area contributed by atoms with Crippen LogP contribution in [0.1, 0.15) is 31.7 Å². The Morgan fingerprint density at radius 2 is 2.04 bits per heavy atom. The number of carbonyl (C=O) groups is 2. The minimum atomic E-state index is -0.0949. The van der Waals surface area contributed by atoms with Gasteiger partial charge in [0.25, 0.3) is 0 Å².